The number of amides is 2. The highest BCUT2D eigenvalue weighted by Crippen LogP contribution is 2.25. The van der Waals surface area contributed by atoms with Gasteiger partial charge in [-0.25, -0.2) is 0 Å². The molecule has 1 heterocycles. The van der Waals surface area contributed by atoms with Gasteiger partial charge in [-0.2, -0.15) is 0 Å². The van der Waals surface area contributed by atoms with Gasteiger partial charge in [0.25, 0.3) is 11.8 Å². The lowest BCUT2D eigenvalue weighted by molar-refractivity contribution is 0.0926. The zero-order chi connectivity index (χ0) is 22.1. The molecule has 2 aromatic rings. The fourth-order valence-corrected chi connectivity index (χ4v) is 3.82. The van der Waals surface area contributed by atoms with Crippen LogP contribution in [0.1, 0.15) is 40.0 Å². The topological polar surface area (TPSA) is 79.9 Å². The van der Waals surface area contributed by atoms with Crippen LogP contribution < -0.4 is 20.3 Å². The van der Waals surface area contributed by atoms with Crippen LogP contribution in [0.2, 0.25) is 0 Å². The second kappa shape index (κ2) is 11.4. The van der Waals surface area contributed by atoms with Crippen molar-refractivity contribution in [2.75, 3.05) is 45.4 Å². The van der Waals surface area contributed by atoms with Crippen LogP contribution >= 0.6 is 0 Å². The quantitative estimate of drug-likeness (QED) is 0.604. The van der Waals surface area contributed by atoms with Crippen LogP contribution in [-0.2, 0) is 4.74 Å². The van der Waals surface area contributed by atoms with E-state index < -0.39 is 0 Å². The molecule has 166 valence electrons. The average molecular weight is 426 g/mol. The van der Waals surface area contributed by atoms with E-state index in [1.54, 1.807) is 26.4 Å². The highest BCUT2D eigenvalue weighted by molar-refractivity contribution is 6.00. The van der Waals surface area contributed by atoms with E-state index in [9.17, 15) is 9.59 Å². The summed E-state index contributed by atoms with van der Waals surface area (Å²) in [5.41, 5.74) is 2.15. The van der Waals surface area contributed by atoms with E-state index in [-0.39, 0.29) is 17.9 Å². The first-order chi connectivity index (χ1) is 15.1. The van der Waals surface area contributed by atoms with Crippen molar-refractivity contribution in [3.63, 3.8) is 0 Å². The van der Waals surface area contributed by atoms with Crippen LogP contribution in [-0.4, -0.2) is 58.3 Å². The molecule has 0 aromatic heterocycles. The number of para-hydroxylation sites is 2. The number of nitrogens with one attached hydrogen (secondary N) is 2. The normalized spacial score (nSPS) is 14.2. The number of rotatable bonds is 9. The minimum Gasteiger partial charge on any atom is -0.496 e. The number of ether oxygens (including phenoxy) is 2. The number of benzene rings is 2. The zero-order valence-electron chi connectivity index (χ0n) is 18.2. The molecule has 0 radical (unpaired) electrons. The summed E-state index contributed by atoms with van der Waals surface area (Å²) < 4.78 is 10.3. The number of carbonyl (C=O) groups excluding carboxylic acids is 2. The Balaban J connectivity index is 1.57. The maximum Gasteiger partial charge on any atom is 0.255 e. The van der Waals surface area contributed by atoms with Gasteiger partial charge in [0.05, 0.1) is 18.2 Å². The molecule has 0 saturated carbocycles. The van der Waals surface area contributed by atoms with E-state index in [1.165, 1.54) is 0 Å². The standard InChI is InChI=1S/C24H31N3O4/c1-30-17-7-14-25-23(28)19-8-3-5-10-21(19)27-15-12-18(13-16-27)26-24(29)20-9-4-6-11-22(20)31-2/h3-6,8-11,18H,7,12-17H2,1-2H3,(H,25,28)(H,26,29). The third kappa shape index (κ3) is 5.98. The lowest BCUT2D eigenvalue weighted by Crippen LogP contribution is -2.45. The Morgan fingerprint density at radius 2 is 1.65 bits per heavy atom. The highest BCUT2D eigenvalue weighted by atomic mass is 16.5. The Bertz CT molecular complexity index is 879. The van der Waals surface area contributed by atoms with Gasteiger partial charge in [0, 0.05) is 45.1 Å². The van der Waals surface area contributed by atoms with Gasteiger partial charge in [-0.1, -0.05) is 24.3 Å². The van der Waals surface area contributed by atoms with Crippen molar-refractivity contribution < 1.29 is 19.1 Å². The number of piperidine rings is 1. The molecule has 2 N–H and O–H groups in total. The number of hydrogen-bond acceptors (Lipinski definition) is 5. The molecule has 31 heavy (non-hydrogen) atoms. The smallest absolute Gasteiger partial charge is 0.255 e. The predicted octanol–water partition coefficient (Wildman–Crippen LogP) is 2.86. The van der Waals surface area contributed by atoms with E-state index in [4.69, 9.17) is 9.47 Å². The van der Waals surface area contributed by atoms with Crippen LogP contribution in [0.15, 0.2) is 48.5 Å². The van der Waals surface area contributed by atoms with Crippen LogP contribution in [0, 0.1) is 0 Å². The molecule has 7 heteroatoms. The van der Waals surface area contributed by atoms with Crippen molar-refractivity contribution in [3.8, 4) is 5.75 Å². The first-order valence-electron chi connectivity index (χ1n) is 10.7. The molecule has 0 atom stereocenters. The Hall–Kier alpha value is -3.06. The highest BCUT2D eigenvalue weighted by Gasteiger charge is 2.24. The van der Waals surface area contributed by atoms with E-state index in [2.05, 4.69) is 15.5 Å². The van der Waals surface area contributed by atoms with Gasteiger partial charge < -0.3 is 25.0 Å². The molecule has 1 saturated heterocycles. The number of nitrogens with zero attached hydrogens (tertiary/aromatic N) is 1. The first-order valence-corrected chi connectivity index (χ1v) is 10.7. The molecule has 3 rings (SSSR count). The third-order valence-corrected chi connectivity index (χ3v) is 5.48. The van der Waals surface area contributed by atoms with Crippen LogP contribution in [0.4, 0.5) is 5.69 Å². The summed E-state index contributed by atoms with van der Waals surface area (Å²) in [6.45, 7) is 2.74. The molecule has 2 aromatic carbocycles. The monoisotopic (exact) mass is 425 g/mol. The van der Waals surface area contributed by atoms with Crippen molar-refractivity contribution in [2.45, 2.75) is 25.3 Å². The summed E-state index contributed by atoms with van der Waals surface area (Å²) in [5, 5.41) is 6.09. The van der Waals surface area contributed by atoms with Crippen molar-refractivity contribution >= 4 is 17.5 Å². The summed E-state index contributed by atoms with van der Waals surface area (Å²) in [7, 11) is 3.22. The van der Waals surface area contributed by atoms with E-state index >= 15 is 0 Å². The van der Waals surface area contributed by atoms with Gasteiger partial charge >= 0.3 is 0 Å². The van der Waals surface area contributed by atoms with E-state index in [0.717, 1.165) is 38.0 Å². The maximum atomic E-state index is 12.7. The second-order valence-electron chi connectivity index (χ2n) is 7.55. The molecule has 0 unspecified atom stereocenters. The molecule has 7 nitrogen and oxygen atoms in total. The lowest BCUT2D eigenvalue weighted by atomic mass is 10.0. The molecule has 1 aliphatic rings. The number of methoxy groups -OCH3 is 2. The molecular formula is C24H31N3O4. The van der Waals surface area contributed by atoms with Crippen molar-refractivity contribution in [1.82, 2.24) is 10.6 Å². The first kappa shape index (κ1) is 22.6. The van der Waals surface area contributed by atoms with Crippen LogP contribution in [0.5, 0.6) is 5.75 Å². The SMILES string of the molecule is COCCCNC(=O)c1ccccc1N1CCC(NC(=O)c2ccccc2OC)CC1. The third-order valence-electron chi connectivity index (χ3n) is 5.48. The fourth-order valence-electron chi connectivity index (χ4n) is 3.82. The number of hydrogen-bond donors (Lipinski definition) is 2. The molecule has 1 fully saturated rings. The van der Waals surface area contributed by atoms with E-state index in [1.807, 2.05) is 36.4 Å². The summed E-state index contributed by atoms with van der Waals surface area (Å²) in [4.78, 5) is 27.5. The van der Waals surface area contributed by atoms with Crippen LogP contribution in [0.3, 0.4) is 0 Å². The van der Waals surface area contributed by atoms with Crippen molar-refractivity contribution in [2.24, 2.45) is 0 Å². The van der Waals surface area contributed by atoms with Crippen molar-refractivity contribution in [3.05, 3.63) is 59.7 Å². The van der Waals surface area contributed by atoms with Gasteiger partial charge in [-0.05, 0) is 43.5 Å². The van der Waals surface area contributed by atoms with E-state index in [0.29, 0.717) is 30.0 Å². The molecule has 0 spiro atoms. The minimum atomic E-state index is -0.119. The largest absolute Gasteiger partial charge is 0.496 e. The summed E-state index contributed by atoms with van der Waals surface area (Å²) in [5.74, 6) is 0.382. The summed E-state index contributed by atoms with van der Waals surface area (Å²) in [6.07, 6.45) is 2.40. The minimum absolute atomic E-state index is 0.0710. The van der Waals surface area contributed by atoms with Crippen LogP contribution in [0.25, 0.3) is 0 Å². The number of anilines is 1. The zero-order valence-corrected chi connectivity index (χ0v) is 18.2. The summed E-state index contributed by atoms with van der Waals surface area (Å²) in [6, 6.07) is 15.0. The molecule has 2 amide bonds. The summed E-state index contributed by atoms with van der Waals surface area (Å²) >= 11 is 0. The predicted molar refractivity (Wildman–Crippen MR) is 121 cm³/mol. The Kier molecular flexibility index (Phi) is 8.29. The Morgan fingerprint density at radius 1 is 0.968 bits per heavy atom. The van der Waals surface area contributed by atoms with Gasteiger partial charge in [0.2, 0.25) is 0 Å². The maximum absolute atomic E-state index is 12.7. The Morgan fingerprint density at radius 3 is 2.35 bits per heavy atom. The van der Waals surface area contributed by atoms with Gasteiger partial charge in [-0.3, -0.25) is 9.59 Å². The van der Waals surface area contributed by atoms with Gasteiger partial charge in [-0.15, -0.1) is 0 Å². The molecule has 1 aliphatic heterocycles. The second-order valence-corrected chi connectivity index (χ2v) is 7.55. The average Bonchev–Trinajstić information content (AvgIpc) is 2.82. The molecule has 0 bridgehead atoms. The van der Waals surface area contributed by atoms with Gasteiger partial charge in [0.15, 0.2) is 0 Å². The Labute approximate surface area is 183 Å². The lowest BCUT2D eigenvalue weighted by Gasteiger charge is -2.35. The molecular weight excluding hydrogens is 394 g/mol. The number of carbonyl (C=O) groups is 2. The van der Waals surface area contributed by atoms with Gasteiger partial charge in [0.1, 0.15) is 5.75 Å². The fraction of sp³-hybridized carbons (Fsp3) is 0.417. The molecule has 0 aliphatic carbocycles. The van der Waals surface area contributed by atoms with Crippen molar-refractivity contribution in [1.29, 1.82) is 0 Å².